The molecular formula is C31H42O9. The molecule has 0 radical (unpaired) electrons. The molecule has 9 nitrogen and oxygen atoms in total. The van der Waals surface area contributed by atoms with E-state index in [9.17, 15) is 19.2 Å². The van der Waals surface area contributed by atoms with Gasteiger partial charge in [0.2, 0.25) is 12.6 Å². The number of carbonyl (C=O) groups excluding carboxylic acids is 4. The molecule has 4 aliphatic rings. The molecule has 0 aromatic rings. The minimum atomic E-state index is -1.14. The molecule has 0 aromatic heterocycles. The van der Waals surface area contributed by atoms with Crippen molar-refractivity contribution in [3.05, 3.63) is 34.9 Å². The largest absolute Gasteiger partial charge is 0.459 e. The first kappa shape index (κ1) is 30.0. The molecule has 1 aliphatic heterocycles. The van der Waals surface area contributed by atoms with E-state index >= 15 is 0 Å². The quantitative estimate of drug-likeness (QED) is 0.177. The lowest BCUT2D eigenvalue weighted by Crippen LogP contribution is -2.56. The molecule has 1 saturated heterocycles. The SMILES string of the molecule is CCC(C)=CC(=O)OC1C=C2C(OC(C)=O)OC(OC(C)=O)C3C(OC(=O)C=C(C)CC)CC4C(C)(C)C1CC234. The van der Waals surface area contributed by atoms with Gasteiger partial charge in [0.25, 0.3) is 0 Å². The summed E-state index contributed by atoms with van der Waals surface area (Å²) in [6.45, 7) is 14.5. The van der Waals surface area contributed by atoms with Crippen LogP contribution in [0, 0.1) is 28.6 Å². The minimum Gasteiger partial charge on any atom is -0.459 e. The summed E-state index contributed by atoms with van der Waals surface area (Å²) in [4.78, 5) is 50.1. The number of allylic oxidation sites excluding steroid dienone is 2. The van der Waals surface area contributed by atoms with Crippen LogP contribution in [0.1, 0.15) is 81.1 Å². The van der Waals surface area contributed by atoms with Crippen LogP contribution in [0.3, 0.4) is 0 Å². The maximum atomic E-state index is 12.9. The van der Waals surface area contributed by atoms with Crippen LogP contribution in [0.2, 0.25) is 0 Å². The summed E-state index contributed by atoms with van der Waals surface area (Å²) >= 11 is 0. The molecule has 1 spiro atoms. The lowest BCUT2D eigenvalue weighted by atomic mass is 9.62. The van der Waals surface area contributed by atoms with Gasteiger partial charge in [0.1, 0.15) is 12.2 Å². The van der Waals surface area contributed by atoms with Crippen molar-refractivity contribution < 1.29 is 42.9 Å². The summed E-state index contributed by atoms with van der Waals surface area (Å²) in [6, 6.07) is 0. The summed E-state index contributed by atoms with van der Waals surface area (Å²) in [7, 11) is 0. The predicted molar refractivity (Wildman–Crippen MR) is 144 cm³/mol. The fraction of sp³-hybridized carbons (Fsp3) is 0.677. The topological polar surface area (TPSA) is 114 Å². The van der Waals surface area contributed by atoms with Crippen molar-refractivity contribution in [2.24, 2.45) is 28.6 Å². The van der Waals surface area contributed by atoms with Crippen LogP contribution >= 0.6 is 0 Å². The number of carbonyl (C=O) groups is 4. The molecule has 0 amide bonds. The van der Waals surface area contributed by atoms with Crippen molar-refractivity contribution in [2.75, 3.05) is 0 Å². The van der Waals surface area contributed by atoms with Gasteiger partial charge in [-0.2, -0.15) is 0 Å². The van der Waals surface area contributed by atoms with E-state index in [0.717, 1.165) is 17.6 Å². The van der Waals surface area contributed by atoms with Crippen LogP contribution < -0.4 is 0 Å². The average Bonchev–Trinajstić information content (AvgIpc) is 3.26. The van der Waals surface area contributed by atoms with E-state index in [1.807, 2.05) is 33.8 Å². The molecule has 3 fully saturated rings. The van der Waals surface area contributed by atoms with E-state index in [-0.39, 0.29) is 17.3 Å². The molecule has 40 heavy (non-hydrogen) atoms. The van der Waals surface area contributed by atoms with Gasteiger partial charge in [-0.1, -0.05) is 38.8 Å². The Morgan fingerprint density at radius 3 is 2.02 bits per heavy atom. The highest BCUT2D eigenvalue weighted by Crippen LogP contribution is 2.75. The fourth-order valence-electron chi connectivity index (χ4n) is 7.48. The van der Waals surface area contributed by atoms with Crippen molar-refractivity contribution in [2.45, 2.75) is 106 Å². The molecule has 0 N–H and O–H groups in total. The molecule has 220 valence electrons. The van der Waals surface area contributed by atoms with Crippen molar-refractivity contribution in [3.8, 4) is 0 Å². The molecule has 2 bridgehead atoms. The van der Waals surface area contributed by atoms with Crippen LogP contribution in [-0.4, -0.2) is 48.7 Å². The van der Waals surface area contributed by atoms with Crippen LogP contribution in [0.5, 0.6) is 0 Å². The summed E-state index contributed by atoms with van der Waals surface area (Å²) < 4.78 is 29.5. The van der Waals surface area contributed by atoms with E-state index in [1.165, 1.54) is 26.0 Å². The first-order chi connectivity index (χ1) is 18.7. The van der Waals surface area contributed by atoms with E-state index in [4.69, 9.17) is 23.7 Å². The van der Waals surface area contributed by atoms with Gasteiger partial charge >= 0.3 is 23.9 Å². The first-order valence-corrected chi connectivity index (χ1v) is 14.2. The molecule has 1 heterocycles. The van der Waals surface area contributed by atoms with Gasteiger partial charge in [0.05, 0.1) is 5.92 Å². The third kappa shape index (κ3) is 5.24. The van der Waals surface area contributed by atoms with E-state index in [2.05, 4.69) is 13.8 Å². The van der Waals surface area contributed by atoms with E-state index < -0.39 is 60.0 Å². The van der Waals surface area contributed by atoms with Crippen LogP contribution in [0.4, 0.5) is 0 Å². The van der Waals surface area contributed by atoms with Gasteiger partial charge in [-0.25, -0.2) is 9.59 Å². The third-order valence-electron chi connectivity index (χ3n) is 9.50. The Morgan fingerprint density at radius 2 is 1.48 bits per heavy atom. The van der Waals surface area contributed by atoms with Crippen LogP contribution in [-0.2, 0) is 42.9 Å². The zero-order chi connectivity index (χ0) is 29.6. The second-order valence-corrected chi connectivity index (χ2v) is 12.2. The van der Waals surface area contributed by atoms with Crippen molar-refractivity contribution in [1.82, 2.24) is 0 Å². The Labute approximate surface area is 236 Å². The molecule has 2 saturated carbocycles. The summed E-state index contributed by atoms with van der Waals surface area (Å²) in [5.74, 6) is -2.63. The van der Waals surface area contributed by atoms with Gasteiger partial charge in [-0.15, -0.1) is 0 Å². The molecule has 8 unspecified atom stereocenters. The Balaban J connectivity index is 1.82. The highest BCUT2D eigenvalue weighted by Gasteiger charge is 2.76. The number of esters is 4. The molecule has 8 atom stereocenters. The number of hydrogen-bond donors (Lipinski definition) is 0. The maximum Gasteiger partial charge on any atom is 0.331 e. The second kappa shape index (κ2) is 11.1. The highest BCUT2D eigenvalue weighted by molar-refractivity contribution is 5.83. The summed E-state index contributed by atoms with van der Waals surface area (Å²) in [6.07, 6.45) is 3.98. The Kier molecular flexibility index (Phi) is 8.37. The standard InChI is InChI=1S/C31H42O9/c1-9-16(3)11-25(34)38-22-13-20-28(36-18(5)32)40-29(37-19(6)33)27-23(39-26(35)12-17(4)10-2)14-24-30(7,8)21(22)15-31(20,24)27/h11-13,21-24,27-29H,9-10,14-15H2,1-8H3. The van der Waals surface area contributed by atoms with Gasteiger partial charge in [0, 0.05) is 42.9 Å². The lowest BCUT2D eigenvalue weighted by Gasteiger charge is -2.50. The minimum absolute atomic E-state index is 0.0491. The normalized spacial score (nSPS) is 35.8. The van der Waals surface area contributed by atoms with Crippen LogP contribution in [0.25, 0.3) is 0 Å². The summed E-state index contributed by atoms with van der Waals surface area (Å²) in [5.41, 5.74) is 1.46. The molecule has 4 rings (SSSR count). The third-order valence-corrected chi connectivity index (χ3v) is 9.50. The van der Waals surface area contributed by atoms with Crippen LogP contribution in [0.15, 0.2) is 34.9 Å². The molecular weight excluding hydrogens is 516 g/mol. The zero-order valence-corrected chi connectivity index (χ0v) is 24.8. The summed E-state index contributed by atoms with van der Waals surface area (Å²) in [5, 5.41) is 0. The van der Waals surface area contributed by atoms with Crippen molar-refractivity contribution >= 4 is 23.9 Å². The van der Waals surface area contributed by atoms with Gasteiger partial charge in [-0.3, -0.25) is 14.3 Å². The Bertz CT molecular complexity index is 1160. The molecule has 3 aliphatic carbocycles. The van der Waals surface area contributed by atoms with E-state index in [0.29, 0.717) is 24.8 Å². The fourth-order valence-corrected chi connectivity index (χ4v) is 7.48. The molecule has 0 aromatic carbocycles. The number of fused-ring (bicyclic) bond motifs is 1. The van der Waals surface area contributed by atoms with Gasteiger partial charge in [-0.05, 0) is 56.9 Å². The number of hydrogen-bond acceptors (Lipinski definition) is 9. The number of rotatable bonds is 8. The second-order valence-electron chi connectivity index (χ2n) is 12.2. The van der Waals surface area contributed by atoms with E-state index in [1.54, 1.807) is 0 Å². The first-order valence-electron chi connectivity index (χ1n) is 14.2. The predicted octanol–water partition coefficient (Wildman–Crippen LogP) is 4.94. The van der Waals surface area contributed by atoms with Gasteiger partial charge < -0.3 is 18.9 Å². The Hall–Kier alpha value is -2.94. The highest BCUT2D eigenvalue weighted by atomic mass is 16.8. The van der Waals surface area contributed by atoms with Crippen molar-refractivity contribution in [1.29, 1.82) is 0 Å². The average molecular weight is 559 g/mol. The monoisotopic (exact) mass is 558 g/mol. The smallest absolute Gasteiger partial charge is 0.331 e. The zero-order valence-electron chi connectivity index (χ0n) is 24.8. The lowest BCUT2D eigenvalue weighted by molar-refractivity contribution is -0.281. The Morgan fingerprint density at radius 1 is 0.900 bits per heavy atom. The van der Waals surface area contributed by atoms with Crippen molar-refractivity contribution in [3.63, 3.8) is 0 Å². The number of ether oxygens (including phenoxy) is 5. The van der Waals surface area contributed by atoms with Gasteiger partial charge in [0.15, 0.2) is 0 Å². The molecule has 9 heteroatoms. The maximum absolute atomic E-state index is 12.9.